The highest BCUT2D eigenvalue weighted by molar-refractivity contribution is 5.76. The molecule has 4 bridgehead atoms. The molecular formula is C24H29F3N6O4. The highest BCUT2D eigenvalue weighted by Gasteiger charge is 2.63. The Hall–Kier alpha value is -2.93. The van der Waals surface area contributed by atoms with E-state index in [0.29, 0.717) is 43.6 Å². The Balaban J connectivity index is 1.29. The summed E-state index contributed by atoms with van der Waals surface area (Å²) in [7, 11) is 0. The predicted molar refractivity (Wildman–Crippen MR) is 124 cm³/mol. The summed E-state index contributed by atoms with van der Waals surface area (Å²) in [6.07, 6.45) is -3.57. The molecule has 13 heteroatoms. The predicted octanol–water partition coefficient (Wildman–Crippen LogP) is 3.19. The first-order chi connectivity index (χ1) is 17.6. The number of hydrogen-bond donors (Lipinski definition) is 4. The zero-order chi connectivity index (χ0) is 25.9. The Morgan fingerprint density at radius 3 is 2.78 bits per heavy atom. The summed E-state index contributed by atoms with van der Waals surface area (Å²) in [5, 5.41) is 24.8. The lowest BCUT2D eigenvalue weighted by atomic mass is 9.51. The molecule has 3 heterocycles. The second-order valence-electron chi connectivity index (χ2n) is 10.9. The number of anilines is 3. The maximum atomic E-state index is 13.0. The molecule has 4 aliphatic carbocycles. The van der Waals surface area contributed by atoms with Crippen molar-refractivity contribution in [2.75, 3.05) is 23.8 Å². The summed E-state index contributed by atoms with van der Waals surface area (Å²) in [5.41, 5.74) is 0.210. The van der Waals surface area contributed by atoms with Gasteiger partial charge < -0.3 is 25.2 Å². The molecule has 37 heavy (non-hydrogen) atoms. The van der Waals surface area contributed by atoms with Gasteiger partial charge in [0.25, 0.3) is 0 Å². The number of esters is 1. The van der Waals surface area contributed by atoms with E-state index in [2.05, 4.69) is 25.8 Å². The minimum absolute atomic E-state index is 0.00388. The van der Waals surface area contributed by atoms with Crippen molar-refractivity contribution in [3.8, 4) is 0 Å². The first kappa shape index (κ1) is 24.4. The van der Waals surface area contributed by atoms with Crippen LogP contribution in [0.4, 0.5) is 30.8 Å². The SMILES string of the molecule is Cc1cc(Nc2cc(C3CCOC3)nc(NC3C4CC5CC3C(OC(=O)C(F)(F)F)C(O)(C5)C4)n2)n[nH]1. The minimum Gasteiger partial charge on any atom is -0.452 e. The molecule has 7 unspecified atom stereocenters. The molecule has 0 radical (unpaired) electrons. The van der Waals surface area contributed by atoms with Gasteiger partial charge in [-0.2, -0.15) is 23.3 Å². The fourth-order valence-electron chi connectivity index (χ4n) is 6.85. The van der Waals surface area contributed by atoms with Crippen LogP contribution in [0.5, 0.6) is 0 Å². The highest BCUT2D eigenvalue weighted by atomic mass is 19.4. The number of carbonyl (C=O) groups is 1. The molecule has 5 aliphatic rings. The summed E-state index contributed by atoms with van der Waals surface area (Å²) < 4.78 is 49.6. The molecule has 4 N–H and O–H groups in total. The van der Waals surface area contributed by atoms with Crippen molar-refractivity contribution in [2.24, 2.45) is 17.8 Å². The molecule has 4 saturated carbocycles. The van der Waals surface area contributed by atoms with Gasteiger partial charge in [-0.05, 0) is 50.9 Å². The number of nitrogens with one attached hydrogen (secondary N) is 3. The molecule has 7 atom stereocenters. The van der Waals surface area contributed by atoms with Crippen LogP contribution < -0.4 is 10.6 Å². The number of ether oxygens (including phenoxy) is 2. The van der Waals surface area contributed by atoms with Gasteiger partial charge in [0.15, 0.2) is 5.82 Å². The number of aliphatic hydroxyl groups is 1. The number of aromatic amines is 1. The topological polar surface area (TPSA) is 134 Å². The van der Waals surface area contributed by atoms with Gasteiger partial charge in [-0.3, -0.25) is 5.10 Å². The van der Waals surface area contributed by atoms with Crippen molar-refractivity contribution in [3.05, 3.63) is 23.5 Å². The summed E-state index contributed by atoms with van der Waals surface area (Å²) >= 11 is 0. The fourth-order valence-corrected chi connectivity index (χ4v) is 6.85. The summed E-state index contributed by atoms with van der Waals surface area (Å²) in [6.45, 7) is 3.06. The average Bonchev–Trinajstić information content (AvgIpc) is 3.49. The Kier molecular flexibility index (Phi) is 5.82. The Labute approximate surface area is 210 Å². The number of alkyl halides is 3. The van der Waals surface area contributed by atoms with Crippen LogP contribution in [0.25, 0.3) is 0 Å². The average molecular weight is 523 g/mol. The van der Waals surface area contributed by atoms with Gasteiger partial charge in [0.1, 0.15) is 17.5 Å². The lowest BCUT2D eigenvalue weighted by molar-refractivity contribution is -0.249. The normalized spacial score (nSPS) is 34.5. The van der Waals surface area contributed by atoms with Crippen LogP contribution in [0.2, 0.25) is 0 Å². The van der Waals surface area contributed by atoms with Crippen LogP contribution in [0.15, 0.2) is 12.1 Å². The molecule has 0 aromatic carbocycles. The van der Waals surface area contributed by atoms with Crippen molar-refractivity contribution in [1.82, 2.24) is 20.2 Å². The van der Waals surface area contributed by atoms with Crippen molar-refractivity contribution in [1.29, 1.82) is 0 Å². The lowest BCUT2D eigenvalue weighted by Gasteiger charge is -2.61. The van der Waals surface area contributed by atoms with Gasteiger partial charge in [0.2, 0.25) is 5.95 Å². The quantitative estimate of drug-likeness (QED) is 0.422. The van der Waals surface area contributed by atoms with Gasteiger partial charge in [-0.25, -0.2) is 9.78 Å². The van der Waals surface area contributed by atoms with Crippen molar-refractivity contribution >= 4 is 23.6 Å². The Bertz CT molecular complexity index is 1190. The molecule has 5 fully saturated rings. The van der Waals surface area contributed by atoms with Gasteiger partial charge in [-0.1, -0.05) is 0 Å². The second kappa shape index (κ2) is 8.83. The standard InChI is InChI=1S/C24H29F3N6O4/c1-11-4-18(33-32-11)29-17-7-16(13-2-3-36-10-13)28-22(30-17)31-19-14-5-12-6-15(19)20(23(35,8-12)9-14)37-21(34)24(25,26)27/h4,7,12-15,19-20,35H,2-3,5-6,8-10H2,1H3,(H3,28,29,30,31,32,33). The van der Waals surface area contributed by atoms with E-state index in [1.54, 1.807) is 0 Å². The molecule has 0 spiro atoms. The number of hydrogen-bond acceptors (Lipinski definition) is 9. The van der Waals surface area contributed by atoms with Crippen molar-refractivity contribution < 1.29 is 32.5 Å². The zero-order valence-corrected chi connectivity index (χ0v) is 20.2. The van der Waals surface area contributed by atoms with E-state index in [1.807, 2.05) is 19.1 Å². The van der Waals surface area contributed by atoms with Crippen LogP contribution in [0.3, 0.4) is 0 Å². The first-order valence-electron chi connectivity index (χ1n) is 12.6. The lowest BCUT2D eigenvalue weighted by Crippen LogP contribution is -2.68. The number of halogens is 3. The molecule has 0 amide bonds. The molecule has 1 saturated heterocycles. The van der Waals surface area contributed by atoms with E-state index >= 15 is 0 Å². The van der Waals surface area contributed by atoms with E-state index in [-0.39, 0.29) is 30.2 Å². The second-order valence-corrected chi connectivity index (χ2v) is 10.9. The number of nitrogens with zero attached hydrogens (tertiary/aromatic N) is 3. The number of rotatable bonds is 6. The molecule has 2 aromatic heterocycles. The van der Waals surface area contributed by atoms with Crippen LogP contribution in [0, 0.1) is 24.7 Å². The molecule has 7 rings (SSSR count). The van der Waals surface area contributed by atoms with E-state index in [4.69, 9.17) is 14.5 Å². The van der Waals surface area contributed by atoms with E-state index < -0.39 is 29.8 Å². The third-order valence-corrected chi connectivity index (χ3v) is 8.20. The summed E-state index contributed by atoms with van der Waals surface area (Å²) in [5.74, 6) is -1.06. The number of H-pyrrole nitrogens is 1. The van der Waals surface area contributed by atoms with Gasteiger partial charge in [0.05, 0.1) is 12.3 Å². The first-order valence-corrected chi connectivity index (χ1v) is 12.6. The zero-order valence-electron chi connectivity index (χ0n) is 20.2. The third kappa shape index (κ3) is 4.63. The van der Waals surface area contributed by atoms with Gasteiger partial charge in [-0.15, -0.1) is 0 Å². The van der Waals surface area contributed by atoms with Gasteiger partial charge in [0, 0.05) is 42.3 Å². The highest BCUT2D eigenvalue weighted by Crippen LogP contribution is 2.57. The van der Waals surface area contributed by atoms with Crippen LogP contribution in [-0.2, 0) is 14.3 Å². The Morgan fingerprint density at radius 1 is 1.24 bits per heavy atom. The Morgan fingerprint density at radius 2 is 2.08 bits per heavy atom. The van der Waals surface area contributed by atoms with Gasteiger partial charge >= 0.3 is 12.1 Å². The number of carbonyl (C=O) groups excluding carboxylic acids is 1. The minimum atomic E-state index is -5.13. The maximum absolute atomic E-state index is 13.0. The molecule has 200 valence electrons. The van der Waals surface area contributed by atoms with Crippen LogP contribution in [-0.4, -0.2) is 68.4 Å². The number of aromatic nitrogens is 4. The summed E-state index contributed by atoms with van der Waals surface area (Å²) in [6, 6.07) is 3.34. The van der Waals surface area contributed by atoms with Crippen LogP contribution in [0.1, 0.15) is 49.4 Å². The monoisotopic (exact) mass is 522 g/mol. The largest absolute Gasteiger partial charge is 0.490 e. The van der Waals surface area contributed by atoms with Crippen molar-refractivity contribution in [3.63, 3.8) is 0 Å². The van der Waals surface area contributed by atoms with Crippen LogP contribution >= 0.6 is 0 Å². The van der Waals surface area contributed by atoms with E-state index in [1.165, 1.54) is 0 Å². The molecular weight excluding hydrogens is 493 g/mol. The summed E-state index contributed by atoms with van der Waals surface area (Å²) in [4.78, 5) is 21.1. The molecule has 2 aromatic rings. The number of aryl methyl sites for hydroxylation is 1. The fraction of sp³-hybridized carbons (Fsp3) is 0.667. The van der Waals surface area contributed by atoms with E-state index in [0.717, 1.165) is 24.2 Å². The maximum Gasteiger partial charge on any atom is 0.490 e. The molecule has 1 aliphatic heterocycles. The smallest absolute Gasteiger partial charge is 0.452 e. The molecule has 10 nitrogen and oxygen atoms in total. The third-order valence-electron chi connectivity index (χ3n) is 8.20. The van der Waals surface area contributed by atoms with E-state index in [9.17, 15) is 23.1 Å². The van der Waals surface area contributed by atoms with Crippen molar-refractivity contribution in [2.45, 2.75) is 68.9 Å².